The molecule has 0 amide bonds. The van der Waals surface area contributed by atoms with Crippen LogP contribution in [0, 0.1) is 23.7 Å². The van der Waals surface area contributed by atoms with Crippen molar-refractivity contribution in [2.45, 2.75) is 159 Å². The predicted octanol–water partition coefficient (Wildman–Crippen LogP) is 8.79. The molecule has 0 aliphatic carbocycles. The van der Waals surface area contributed by atoms with Gasteiger partial charge >= 0.3 is 9.05 Å². The van der Waals surface area contributed by atoms with Crippen LogP contribution < -0.4 is 0 Å². The van der Waals surface area contributed by atoms with Crippen LogP contribution in [0.3, 0.4) is 0 Å². The van der Waals surface area contributed by atoms with E-state index in [4.69, 9.17) is 17.7 Å². The number of hydrogen-bond donors (Lipinski definition) is 0. The molecule has 33 heavy (non-hydrogen) atoms. The lowest BCUT2D eigenvalue weighted by molar-refractivity contribution is -0.175. The lowest BCUT2D eigenvalue weighted by Gasteiger charge is -2.47. The number of hydrogen-bond acceptors (Lipinski definition) is 4. The van der Waals surface area contributed by atoms with Crippen molar-refractivity contribution in [1.82, 2.24) is 0 Å². The van der Waals surface area contributed by atoms with Gasteiger partial charge in [0.05, 0.1) is 22.4 Å². The lowest BCUT2D eigenvalue weighted by Crippen LogP contribution is -2.63. The Kier molecular flexibility index (Phi) is 12.4. The minimum atomic E-state index is -3.60. The van der Waals surface area contributed by atoms with Crippen LogP contribution in [0.15, 0.2) is 0 Å². The zero-order valence-electron chi connectivity index (χ0n) is 25.3. The fourth-order valence-corrected chi connectivity index (χ4v) is 8.87. The molecule has 0 fully saturated rings. The second-order valence-corrected chi connectivity index (χ2v) is 16.2. The second-order valence-electron chi connectivity index (χ2n) is 14.3. The van der Waals surface area contributed by atoms with Crippen molar-refractivity contribution in [3.63, 3.8) is 0 Å². The van der Waals surface area contributed by atoms with E-state index in [1.54, 1.807) is 0 Å². The smallest absolute Gasteiger partial charge is 0.346 e. The van der Waals surface area contributed by atoms with Crippen LogP contribution in [0.25, 0.3) is 0 Å². The van der Waals surface area contributed by atoms with Gasteiger partial charge in [0.1, 0.15) is 0 Å². The third-order valence-corrected chi connectivity index (χ3v) is 8.41. The Morgan fingerprint density at radius 1 is 0.394 bits per heavy atom. The van der Waals surface area contributed by atoms with Crippen LogP contribution in [0.1, 0.15) is 136 Å². The Morgan fingerprint density at radius 2 is 0.545 bits per heavy atom. The summed E-state index contributed by atoms with van der Waals surface area (Å²) in [7, 11) is -3.60. The second kappa shape index (κ2) is 12.3. The molecular weight excluding hydrogens is 428 g/mol. The molecule has 0 rings (SSSR count). The lowest BCUT2D eigenvalue weighted by atomic mass is 9.97. The molecule has 200 valence electrons. The molecule has 0 unspecified atom stereocenters. The summed E-state index contributed by atoms with van der Waals surface area (Å²) in [6, 6.07) is 0. The fourth-order valence-electron chi connectivity index (χ4n) is 5.58. The minimum Gasteiger partial charge on any atom is -0.346 e. The molecule has 0 saturated carbocycles. The molecule has 0 radical (unpaired) electrons. The first kappa shape index (κ1) is 33.1. The normalized spacial score (nSPS) is 14.9. The average Bonchev–Trinajstić information content (AvgIpc) is 2.36. The van der Waals surface area contributed by atoms with E-state index in [2.05, 4.69) is 111 Å². The molecule has 0 N–H and O–H groups in total. The van der Waals surface area contributed by atoms with Gasteiger partial charge in [-0.1, -0.05) is 55.4 Å². The van der Waals surface area contributed by atoms with Gasteiger partial charge in [-0.3, -0.25) is 0 Å². The van der Waals surface area contributed by atoms with Gasteiger partial charge in [-0.25, -0.2) is 0 Å². The molecule has 0 aromatic rings. The molecule has 0 atom stereocenters. The van der Waals surface area contributed by atoms with Crippen molar-refractivity contribution in [2.24, 2.45) is 23.7 Å². The molecule has 0 aromatic carbocycles. The molecule has 0 aliphatic heterocycles. The van der Waals surface area contributed by atoms with Gasteiger partial charge in [-0.2, -0.15) is 0 Å². The van der Waals surface area contributed by atoms with Crippen molar-refractivity contribution >= 4 is 9.05 Å². The Hall–Kier alpha value is 0.0569. The van der Waals surface area contributed by atoms with Crippen molar-refractivity contribution < 1.29 is 17.7 Å². The summed E-state index contributed by atoms with van der Waals surface area (Å²) in [5.74, 6) is 1.95. The van der Waals surface area contributed by atoms with E-state index in [1.165, 1.54) is 0 Å². The first-order valence-corrected chi connectivity index (χ1v) is 14.9. The summed E-state index contributed by atoms with van der Waals surface area (Å²) < 4.78 is 27.8. The van der Waals surface area contributed by atoms with E-state index >= 15 is 0 Å². The molecule has 0 aliphatic rings. The van der Waals surface area contributed by atoms with E-state index in [0.717, 1.165) is 25.7 Å². The van der Waals surface area contributed by atoms with Crippen LogP contribution in [0.4, 0.5) is 0 Å². The third-order valence-electron chi connectivity index (χ3n) is 5.20. The van der Waals surface area contributed by atoms with Crippen molar-refractivity contribution in [3.05, 3.63) is 0 Å². The zero-order valence-corrected chi connectivity index (χ0v) is 26.3. The highest BCUT2D eigenvalue weighted by atomic mass is 28.4. The first-order chi connectivity index (χ1) is 14.5. The SMILES string of the molecule is CC(C)CC(C)(C)O[Si](OC(C)(C)CC(C)C)(OC(C)(C)CC(C)C)OC(C)(C)CC(C)C. The predicted molar refractivity (Wildman–Crippen MR) is 144 cm³/mol. The standard InChI is InChI=1S/C28H60O4Si/c1-21(2)17-25(9,10)29-33(30-26(11,12)18-22(3)4,31-27(13,14)19-23(5)6)32-28(15,16)20-24(7)8/h21-24H,17-20H2,1-16H3. The quantitative estimate of drug-likeness (QED) is 0.203. The topological polar surface area (TPSA) is 36.9 Å². The maximum atomic E-state index is 6.96. The summed E-state index contributed by atoms with van der Waals surface area (Å²) >= 11 is 0. The van der Waals surface area contributed by atoms with Crippen molar-refractivity contribution in [2.75, 3.05) is 0 Å². The molecule has 0 bridgehead atoms. The fraction of sp³-hybridized carbons (Fsp3) is 1.00. The van der Waals surface area contributed by atoms with Crippen molar-refractivity contribution in [1.29, 1.82) is 0 Å². The monoisotopic (exact) mass is 488 g/mol. The van der Waals surface area contributed by atoms with E-state index in [0.29, 0.717) is 23.7 Å². The maximum absolute atomic E-state index is 6.96. The van der Waals surface area contributed by atoms with Gasteiger partial charge in [0, 0.05) is 0 Å². The van der Waals surface area contributed by atoms with Crippen LogP contribution in [-0.2, 0) is 17.7 Å². The Bertz CT molecular complexity index is 461. The molecule has 0 saturated heterocycles. The summed E-state index contributed by atoms with van der Waals surface area (Å²) in [6.45, 7) is 35.0. The van der Waals surface area contributed by atoms with E-state index in [9.17, 15) is 0 Å². The molecule has 0 spiro atoms. The highest BCUT2D eigenvalue weighted by molar-refractivity contribution is 6.54. The van der Waals surface area contributed by atoms with Gasteiger partial charge < -0.3 is 17.7 Å². The molecule has 0 heterocycles. The van der Waals surface area contributed by atoms with E-state index < -0.39 is 31.5 Å². The van der Waals surface area contributed by atoms with Gasteiger partial charge in [-0.15, -0.1) is 0 Å². The Labute approximate surface area is 209 Å². The van der Waals surface area contributed by atoms with Gasteiger partial charge in [0.2, 0.25) is 0 Å². The Morgan fingerprint density at radius 3 is 0.667 bits per heavy atom. The van der Waals surface area contributed by atoms with E-state index in [-0.39, 0.29) is 0 Å². The molecule has 0 aromatic heterocycles. The summed E-state index contributed by atoms with van der Waals surface area (Å²) in [4.78, 5) is 0. The van der Waals surface area contributed by atoms with E-state index in [1.807, 2.05) is 0 Å². The average molecular weight is 489 g/mol. The largest absolute Gasteiger partial charge is 0.681 e. The van der Waals surface area contributed by atoms with Crippen LogP contribution in [-0.4, -0.2) is 31.5 Å². The molecule has 4 nitrogen and oxygen atoms in total. The highest BCUT2D eigenvalue weighted by Crippen LogP contribution is 2.39. The highest BCUT2D eigenvalue weighted by Gasteiger charge is 2.58. The van der Waals surface area contributed by atoms with Crippen LogP contribution in [0.5, 0.6) is 0 Å². The van der Waals surface area contributed by atoms with Gasteiger partial charge in [0.15, 0.2) is 0 Å². The zero-order chi connectivity index (χ0) is 26.5. The maximum Gasteiger partial charge on any atom is 0.681 e. The summed E-state index contributed by atoms with van der Waals surface area (Å²) in [5, 5.41) is 0. The Balaban J connectivity index is 6.58. The van der Waals surface area contributed by atoms with Gasteiger partial charge in [-0.05, 0) is 105 Å². The van der Waals surface area contributed by atoms with Crippen molar-refractivity contribution in [3.8, 4) is 0 Å². The van der Waals surface area contributed by atoms with Crippen LogP contribution in [0.2, 0.25) is 0 Å². The minimum absolute atomic E-state index is 0.434. The van der Waals surface area contributed by atoms with Crippen LogP contribution >= 0.6 is 0 Å². The molecule has 5 heteroatoms. The number of rotatable bonds is 16. The first-order valence-electron chi connectivity index (χ1n) is 13.3. The molecular formula is C28H60O4Si. The van der Waals surface area contributed by atoms with Gasteiger partial charge in [0.25, 0.3) is 0 Å². The third kappa shape index (κ3) is 14.9. The summed E-state index contributed by atoms with van der Waals surface area (Å²) in [6.07, 6.45) is 3.60. The summed E-state index contributed by atoms with van der Waals surface area (Å²) in [5.41, 5.74) is -1.74.